The van der Waals surface area contributed by atoms with Crippen LogP contribution >= 0.6 is 0 Å². The fourth-order valence-electron chi connectivity index (χ4n) is 1.42. The van der Waals surface area contributed by atoms with Gasteiger partial charge in [0.25, 0.3) is 0 Å². The quantitative estimate of drug-likeness (QED) is 0.587. The highest BCUT2D eigenvalue weighted by Gasteiger charge is 2.15. The van der Waals surface area contributed by atoms with Gasteiger partial charge in [0.1, 0.15) is 0 Å². The molecule has 0 amide bonds. The van der Waals surface area contributed by atoms with Gasteiger partial charge < -0.3 is 0 Å². The van der Waals surface area contributed by atoms with Crippen molar-refractivity contribution in [3.05, 3.63) is 11.6 Å². The predicted molar refractivity (Wildman–Crippen MR) is 53.1 cm³/mol. The summed E-state index contributed by atoms with van der Waals surface area (Å²) >= 11 is 0. The molecule has 1 heteroatoms. The maximum Gasteiger partial charge on any atom is 0.155 e. The molecule has 0 saturated heterocycles. The monoisotopic (exact) mass is 168 g/mol. The van der Waals surface area contributed by atoms with E-state index >= 15 is 0 Å². The molecule has 12 heavy (non-hydrogen) atoms. The average Bonchev–Trinajstić information content (AvgIpc) is 2.13. The Kier molecular flexibility index (Phi) is 5.69. The van der Waals surface area contributed by atoms with Crippen LogP contribution < -0.4 is 0 Å². The van der Waals surface area contributed by atoms with E-state index < -0.39 is 0 Å². The number of carbonyl (C=O) groups is 1. The topological polar surface area (TPSA) is 17.1 Å². The number of ketones is 1. The second-order valence-corrected chi connectivity index (χ2v) is 2.98. The zero-order valence-corrected chi connectivity index (χ0v) is 8.68. The molecule has 0 spiro atoms. The Bertz CT molecular complexity index is 168. The highest BCUT2D eigenvalue weighted by Crippen LogP contribution is 2.24. The van der Waals surface area contributed by atoms with Crippen molar-refractivity contribution in [2.24, 2.45) is 5.92 Å². The summed E-state index contributed by atoms with van der Waals surface area (Å²) in [4.78, 5) is 10.9. The van der Waals surface area contributed by atoms with Crippen LogP contribution in [0, 0.1) is 5.92 Å². The minimum Gasteiger partial charge on any atom is -0.295 e. The number of allylic oxidation sites excluding steroid dienone is 2. The largest absolute Gasteiger partial charge is 0.295 e. The maximum absolute atomic E-state index is 10.9. The number of hydrogen-bond acceptors (Lipinski definition) is 1. The molecule has 0 aromatic heterocycles. The van der Waals surface area contributed by atoms with Gasteiger partial charge in [-0.25, -0.2) is 0 Å². The van der Waals surface area contributed by atoms with Crippen LogP contribution in [0.3, 0.4) is 0 Å². The van der Waals surface area contributed by atoms with Gasteiger partial charge in [-0.1, -0.05) is 33.3 Å². The van der Waals surface area contributed by atoms with Crippen LogP contribution in [0.1, 0.15) is 47.0 Å². The van der Waals surface area contributed by atoms with Crippen molar-refractivity contribution in [2.75, 3.05) is 0 Å². The van der Waals surface area contributed by atoms with E-state index in [1.165, 1.54) is 5.57 Å². The van der Waals surface area contributed by atoms with Crippen LogP contribution in [0.2, 0.25) is 0 Å². The molecule has 0 N–H and O–H groups in total. The highest BCUT2D eigenvalue weighted by molar-refractivity contribution is 5.91. The molecule has 0 heterocycles. The first-order valence-corrected chi connectivity index (χ1v) is 4.97. The first kappa shape index (κ1) is 11.4. The Morgan fingerprint density at radius 2 is 2.08 bits per heavy atom. The SMILES string of the molecule is CC.CCC1=CC(=O)CCC1C. The molecular formula is C11H20O. The predicted octanol–water partition coefficient (Wildman–Crippen LogP) is 3.35. The first-order chi connectivity index (χ1) is 5.74. The zero-order chi connectivity index (χ0) is 9.56. The molecule has 1 rings (SSSR count). The Morgan fingerprint density at radius 1 is 1.50 bits per heavy atom. The lowest BCUT2D eigenvalue weighted by atomic mass is 9.87. The molecule has 70 valence electrons. The summed E-state index contributed by atoms with van der Waals surface area (Å²) in [6.07, 6.45) is 4.67. The molecule has 0 radical (unpaired) electrons. The van der Waals surface area contributed by atoms with Gasteiger partial charge in [-0.3, -0.25) is 4.79 Å². The molecule has 1 aliphatic rings. The van der Waals surface area contributed by atoms with Gasteiger partial charge >= 0.3 is 0 Å². The van der Waals surface area contributed by atoms with Crippen molar-refractivity contribution in [3.63, 3.8) is 0 Å². The molecule has 0 fully saturated rings. The second kappa shape index (κ2) is 5.99. The van der Waals surface area contributed by atoms with Crippen LogP contribution in [0.25, 0.3) is 0 Å². The minimum atomic E-state index is 0.315. The van der Waals surface area contributed by atoms with Gasteiger partial charge in [-0.2, -0.15) is 0 Å². The summed E-state index contributed by atoms with van der Waals surface area (Å²) in [6.45, 7) is 8.31. The van der Waals surface area contributed by atoms with Crippen LogP contribution in [0.15, 0.2) is 11.6 Å². The van der Waals surface area contributed by atoms with E-state index in [1.807, 2.05) is 19.9 Å². The molecule has 1 atom stereocenters. The van der Waals surface area contributed by atoms with E-state index in [9.17, 15) is 4.79 Å². The first-order valence-electron chi connectivity index (χ1n) is 4.97. The molecule has 0 bridgehead atoms. The van der Waals surface area contributed by atoms with Gasteiger partial charge in [0.2, 0.25) is 0 Å². The van der Waals surface area contributed by atoms with E-state index in [0.29, 0.717) is 11.7 Å². The van der Waals surface area contributed by atoms with E-state index in [1.54, 1.807) is 0 Å². The Morgan fingerprint density at radius 3 is 2.50 bits per heavy atom. The normalized spacial score (nSPS) is 22.5. The number of carbonyl (C=O) groups excluding carboxylic acids is 1. The van der Waals surface area contributed by atoms with E-state index in [4.69, 9.17) is 0 Å². The van der Waals surface area contributed by atoms with Crippen LogP contribution in [-0.2, 0) is 4.79 Å². The standard InChI is InChI=1S/C9H14O.C2H6/c1-3-8-6-9(10)5-4-7(8)2;1-2/h6-7H,3-5H2,1-2H3;1-2H3. The molecule has 1 nitrogen and oxygen atoms in total. The van der Waals surface area contributed by atoms with Crippen molar-refractivity contribution in [2.45, 2.75) is 47.0 Å². The average molecular weight is 168 g/mol. The third-order valence-corrected chi connectivity index (χ3v) is 2.21. The summed E-state index contributed by atoms with van der Waals surface area (Å²) in [5, 5.41) is 0. The Hall–Kier alpha value is -0.590. The molecular weight excluding hydrogens is 148 g/mol. The fraction of sp³-hybridized carbons (Fsp3) is 0.727. The van der Waals surface area contributed by atoms with Gasteiger partial charge in [-0.05, 0) is 24.8 Å². The van der Waals surface area contributed by atoms with Crippen molar-refractivity contribution in [1.82, 2.24) is 0 Å². The van der Waals surface area contributed by atoms with Crippen LogP contribution in [-0.4, -0.2) is 5.78 Å². The smallest absolute Gasteiger partial charge is 0.155 e. The molecule has 0 saturated carbocycles. The lowest BCUT2D eigenvalue weighted by Gasteiger charge is -2.17. The van der Waals surface area contributed by atoms with Crippen molar-refractivity contribution < 1.29 is 4.79 Å². The highest BCUT2D eigenvalue weighted by atomic mass is 16.1. The van der Waals surface area contributed by atoms with Crippen LogP contribution in [0.4, 0.5) is 0 Å². The fourth-order valence-corrected chi connectivity index (χ4v) is 1.42. The summed E-state index contributed by atoms with van der Waals surface area (Å²) < 4.78 is 0. The zero-order valence-electron chi connectivity index (χ0n) is 8.68. The third-order valence-electron chi connectivity index (χ3n) is 2.21. The second-order valence-electron chi connectivity index (χ2n) is 2.98. The summed E-state index contributed by atoms with van der Waals surface area (Å²) in [5.41, 5.74) is 1.33. The van der Waals surface area contributed by atoms with E-state index in [0.717, 1.165) is 19.3 Å². The van der Waals surface area contributed by atoms with E-state index in [2.05, 4.69) is 13.8 Å². The van der Waals surface area contributed by atoms with Crippen molar-refractivity contribution >= 4 is 5.78 Å². The molecule has 0 aliphatic heterocycles. The van der Waals surface area contributed by atoms with Gasteiger partial charge in [0, 0.05) is 6.42 Å². The maximum atomic E-state index is 10.9. The lowest BCUT2D eigenvalue weighted by molar-refractivity contribution is -0.115. The summed E-state index contributed by atoms with van der Waals surface area (Å²) in [6, 6.07) is 0. The van der Waals surface area contributed by atoms with Crippen molar-refractivity contribution in [1.29, 1.82) is 0 Å². The van der Waals surface area contributed by atoms with Gasteiger partial charge in [0.05, 0.1) is 0 Å². The molecule has 1 unspecified atom stereocenters. The summed E-state index contributed by atoms with van der Waals surface area (Å²) in [7, 11) is 0. The number of hydrogen-bond donors (Lipinski definition) is 0. The molecule has 0 aromatic rings. The molecule has 1 aliphatic carbocycles. The number of rotatable bonds is 1. The van der Waals surface area contributed by atoms with Gasteiger partial charge in [-0.15, -0.1) is 0 Å². The van der Waals surface area contributed by atoms with E-state index in [-0.39, 0.29) is 0 Å². The lowest BCUT2D eigenvalue weighted by Crippen LogP contribution is -2.10. The third kappa shape index (κ3) is 3.21. The Labute approximate surface area is 75.9 Å². The van der Waals surface area contributed by atoms with Gasteiger partial charge in [0.15, 0.2) is 5.78 Å². The van der Waals surface area contributed by atoms with Crippen molar-refractivity contribution in [3.8, 4) is 0 Å². The molecule has 0 aromatic carbocycles. The summed E-state index contributed by atoms with van der Waals surface area (Å²) in [5.74, 6) is 0.956. The minimum absolute atomic E-state index is 0.315. The Balaban J connectivity index is 0.000000561. The van der Waals surface area contributed by atoms with Crippen LogP contribution in [0.5, 0.6) is 0 Å².